The maximum absolute atomic E-state index is 12.2. The lowest BCUT2D eigenvalue weighted by Crippen LogP contribution is -2.27. The molecule has 144 valence electrons. The molecule has 4 nitrogen and oxygen atoms in total. The van der Waals surface area contributed by atoms with E-state index in [1.807, 2.05) is 68.7 Å². The zero-order valence-corrected chi connectivity index (χ0v) is 17.3. The van der Waals surface area contributed by atoms with Crippen LogP contribution in [0.5, 0.6) is 0 Å². The Bertz CT molecular complexity index is 772. The summed E-state index contributed by atoms with van der Waals surface area (Å²) >= 11 is 5.92. The van der Waals surface area contributed by atoms with E-state index in [0.717, 1.165) is 17.8 Å². The highest BCUT2D eigenvalue weighted by Crippen LogP contribution is 2.12. The fraction of sp³-hybridized carbons (Fsp3) is 0.238. The Labute approximate surface area is 172 Å². The van der Waals surface area contributed by atoms with E-state index in [1.54, 1.807) is 12.1 Å². The Balaban J connectivity index is 0.00000364. The number of hydrazone groups is 1. The molecule has 0 spiro atoms. The predicted octanol–water partition coefficient (Wildman–Crippen LogP) is 4.76. The van der Waals surface area contributed by atoms with Gasteiger partial charge in [-0.3, -0.25) is 4.79 Å². The highest BCUT2D eigenvalue weighted by molar-refractivity contribution is 6.30. The molecular formula is C21H25Cl2N3O. The van der Waals surface area contributed by atoms with Crippen LogP contribution in [0.2, 0.25) is 5.02 Å². The van der Waals surface area contributed by atoms with Gasteiger partial charge in [0.15, 0.2) is 0 Å². The van der Waals surface area contributed by atoms with Crippen LogP contribution in [0, 0.1) is 5.92 Å². The first kappa shape index (κ1) is 22.9. The number of hydrogen-bond donors (Lipinski definition) is 1. The van der Waals surface area contributed by atoms with E-state index in [2.05, 4.69) is 22.4 Å². The summed E-state index contributed by atoms with van der Waals surface area (Å²) in [5, 5.41) is 5.06. The van der Waals surface area contributed by atoms with E-state index in [0.29, 0.717) is 10.6 Å². The van der Waals surface area contributed by atoms with Crippen LogP contribution in [-0.2, 0) is 0 Å². The second-order valence-corrected chi connectivity index (χ2v) is 6.83. The highest BCUT2D eigenvalue weighted by Gasteiger charge is 2.11. The van der Waals surface area contributed by atoms with E-state index in [-0.39, 0.29) is 24.2 Å². The summed E-state index contributed by atoms with van der Waals surface area (Å²) in [5.74, 6) is -0.0651. The molecule has 0 heterocycles. The van der Waals surface area contributed by atoms with E-state index < -0.39 is 0 Å². The topological polar surface area (TPSA) is 44.7 Å². The van der Waals surface area contributed by atoms with Crippen LogP contribution < -0.4 is 5.43 Å². The van der Waals surface area contributed by atoms with Crippen LogP contribution >= 0.6 is 24.0 Å². The first-order chi connectivity index (χ1) is 12.5. The highest BCUT2D eigenvalue weighted by atomic mass is 35.5. The third kappa shape index (κ3) is 7.95. The van der Waals surface area contributed by atoms with Crippen molar-refractivity contribution in [3.8, 4) is 0 Å². The first-order valence-electron chi connectivity index (χ1n) is 8.47. The summed E-state index contributed by atoms with van der Waals surface area (Å²) in [7, 11) is 4.03. The molecule has 0 aliphatic carbocycles. The minimum Gasteiger partial charge on any atom is -0.309 e. The van der Waals surface area contributed by atoms with Gasteiger partial charge in [-0.05, 0) is 50.0 Å². The number of allylic oxidation sites excluding steroid dienone is 1. The van der Waals surface area contributed by atoms with Gasteiger partial charge in [-0.1, -0.05) is 54.9 Å². The summed E-state index contributed by atoms with van der Waals surface area (Å²) in [4.78, 5) is 14.3. The fourth-order valence-electron chi connectivity index (χ4n) is 2.48. The maximum atomic E-state index is 12.2. The molecule has 0 aromatic heterocycles. The third-order valence-electron chi connectivity index (χ3n) is 3.78. The number of halogens is 2. The summed E-state index contributed by atoms with van der Waals surface area (Å²) in [6, 6.07) is 16.6. The van der Waals surface area contributed by atoms with E-state index in [9.17, 15) is 4.79 Å². The van der Waals surface area contributed by atoms with Crippen LogP contribution in [0.25, 0.3) is 6.08 Å². The molecule has 1 amide bonds. The summed E-state index contributed by atoms with van der Waals surface area (Å²) in [5.41, 5.74) is 5.06. The van der Waals surface area contributed by atoms with Gasteiger partial charge in [0, 0.05) is 23.0 Å². The lowest BCUT2D eigenvalue weighted by atomic mass is 10.0. The lowest BCUT2D eigenvalue weighted by molar-refractivity contribution is 0.0954. The zero-order valence-electron chi connectivity index (χ0n) is 15.7. The van der Waals surface area contributed by atoms with Crippen LogP contribution in [0.15, 0.2) is 65.8 Å². The maximum Gasteiger partial charge on any atom is 0.271 e. The molecule has 0 bridgehead atoms. The van der Waals surface area contributed by atoms with Gasteiger partial charge in [0.2, 0.25) is 0 Å². The summed E-state index contributed by atoms with van der Waals surface area (Å²) in [6.45, 7) is 2.91. The molecular weight excluding hydrogens is 381 g/mol. The van der Waals surface area contributed by atoms with Crippen molar-refractivity contribution in [2.45, 2.75) is 6.92 Å². The second kappa shape index (κ2) is 11.5. The number of amides is 1. The Morgan fingerprint density at radius 2 is 1.78 bits per heavy atom. The van der Waals surface area contributed by atoms with Gasteiger partial charge in [-0.25, -0.2) is 5.43 Å². The minimum absolute atomic E-state index is 0. The van der Waals surface area contributed by atoms with Gasteiger partial charge < -0.3 is 4.90 Å². The first-order valence-corrected chi connectivity index (χ1v) is 8.85. The molecule has 0 saturated heterocycles. The Morgan fingerprint density at radius 1 is 1.15 bits per heavy atom. The molecule has 0 saturated carbocycles. The minimum atomic E-state index is -0.222. The zero-order chi connectivity index (χ0) is 18.9. The molecule has 2 aromatic rings. The van der Waals surface area contributed by atoms with Gasteiger partial charge in [-0.15, -0.1) is 12.4 Å². The van der Waals surface area contributed by atoms with Crippen molar-refractivity contribution in [1.82, 2.24) is 10.3 Å². The second-order valence-electron chi connectivity index (χ2n) is 6.39. The molecule has 0 radical (unpaired) electrons. The van der Waals surface area contributed by atoms with Crippen molar-refractivity contribution in [3.63, 3.8) is 0 Å². The number of nitrogens with zero attached hydrogens (tertiary/aromatic N) is 2. The van der Waals surface area contributed by atoms with Gasteiger partial charge in [0.05, 0.1) is 5.71 Å². The van der Waals surface area contributed by atoms with Crippen LogP contribution in [0.3, 0.4) is 0 Å². The predicted molar refractivity (Wildman–Crippen MR) is 117 cm³/mol. The van der Waals surface area contributed by atoms with Crippen molar-refractivity contribution in [1.29, 1.82) is 0 Å². The molecule has 1 N–H and O–H groups in total. The largest absolute Gasteiger partial charge is 0.309 e. The number of rotatable bonds is 7. The van der Waals surface area contributed by atoms with E-state index in [4.69, 9.17) is 11.6 Å². The van der Waals surface area contributed by atoms with Crippen LogP contribution in [0.1, 0.15) is 22.8 Å². The molecule has 1 unspecified atom stereocenters. The Morgan fingerprint density at radius 3 is 2.37 bits per heavy atom. The molecule has 6 heteroatoms. The molecule has 0 fully saturated rings. The average Bonchev–Trinajstić information content (AvgIpc) is 2.63. The molecule has 27 heavy (non-hydrogen) atoms. The average molecular weight is 406 g/mol. The van der Waals surface area contributed by atoms with Crippen LogP contribution in [0.4, 0.5) is 0 Å². The van der Waals surface area contributed by atoms with Crippen molar-refractivity contribution < 1.29 is 4.79 Å². The third-order valence-corrected chi connectivity index (χ3v) is 4.03. The quantitative estimate of drug-likeness (QED) is 0.532. The van der Waals surface area contributed by atoms with Crippen molar-refractivity contribution in [3.05, 3.63) is 76.8 Å². The number of nitrogens with one attached hydrogen (secondary N) is 1. The SMILES string of the molecule is CC(CN(C)C)C(C=Cc1ccc(Cl)cc1)=NNC(=O)c1ccccc1.Cl. The summed E-state index contributed by atoms with van der Waals surface area (Å²) < 4.78 is 0. The number of carbonyl (C=O) groups excluding carboxylic acids is 1. The smallest absolute Gasteiger partial charge is 0.271 e. The Hall–Kier alpha value is -2.14. The van der Waals surface area contributed by atoms with E-state index in [1.165, 1.54) is 0 Å². The molecule has 2 aromatic carbocycles. The molecule has 1 atom stereocenters. The number of hydrogen-bond acceptors (Lipinski definition) is 3. The normalized spacial score (nSPS) is 12.7. The number of carbonyl (C=O) groups is 1. The van der Waals surface area contributed by atoms with Gasteiger partial charge in [-0.2, -0.15) is 5.10 Å². The van der Waals surface area contributed by atoms with Crippen molar-refractivity contribution in [2.75, 3.05) is 20.6 Å². The monoisotopic (exact) mass is 405 g/mol. The molecule has 2 rings (SSSR count). The van der Waals surface area contributed by atoms with Gasteiger partial charge in [0.25, 0.3) is 5.91 Å². The standard InChI is InChI=1S/C21H24ClN3O.ClH/c1-16(15-25(2)3)20(14-11-17-9-12-19(22)13-10-17)23-24-21(26)18-7-5-4-6-8-18;/h4-14,16H,15H2,1-3H3,(H,24,26);1H. The summed E-state index contributed by atoms with van der Waals surface area (Å²) in [6.07, 6.45) is 3.90. The van der Waals surface area contributed by atoms with E-state index >= 15 is 0 Å². The molecule has 0 aliphatic rings. The molecule has 0 aliphatic heterocycles. The fourth-order valence-corrected chi connectivity index (χ4v) is 2.60. The van der Waals surface area contributed by atoms with Crippen LogP contribution in [-0.4, -0.2) is 37.2 Å². The van der Waals surface area contributed by atoms with Gasteiger partial charge >= 0.3 is 0 Å². The van der Waals surface area contributed by atoms with Gasteiger partial charge in [0.1, 0.15) is 0 Å². The van der Waals surface area contributed by atoms with Crippen molar-refractivity contribution in [2.24, 2.45) is 11.0 Å². The Kier molecular flexibility index (Phi) is 9.79. The number of benzene rings is 2. The lowest BCUT2D eigenvalue weighted by Gasteiger charge is -2.17. The van der Waals surface area contributed by atoms with Crippen molar-refractivity contribution >= 4 is 41.7 Å².